The van der Waals surface area contributed by atoms with Crippen molar-refractivity contribution in [3.05, 3.63) is 65.7 Å². The minimum absolute atomic E-state index is 0.00860. The van der Waals surface area contributed by atoms with E-state index in [4.69, 9.17) is 4.74 Å². The molecule has 2 N–H and O–H groups in total. The van der Waals surface area contributed by atoms with Crippen LogP contribution in [0.5, 0.6) is 5.75 Å². The van der Waals surface area contributed by atoms with Crippen molar-refractivity contribution in [3.63, 3.8) is 0 Å². The molecule has 3 amide bonds. The average Bonchev–Trinajstić information content (AvgIpc) is 2.77. The third kappa shape index (κ3) is 6.34. The average molecular weight is 409 g/mol. The topological polar surface area (TPSA) is 87.7 Å². The molecule has 1 saturated heterocycles. The van der Waals surface area contributed by atoms with Gasteiger partial charge in [0.1, 0.15) is 5.75 Å². The van der Waals surface area contributed by atoms with Crippen molar-refractivity contribution in [3.8, 4) is 5.75 Å². The number of aryl methyl sites for hydroxylation is 1. The molecule has 1 atom stereocenters. The Labute approximate surface area is 176 Å². The van der Waals surface area contributed by atoms with Gasteiger partial charge in [-0.2, -0.15) is 0 Å². The number of amides is 3. The van der Waals surface area contributed by atoms with Crippen molar-refractivity contribution >= 4 is 17.7 Å². The maximum absolute atomic E-state index is 12.6. The number of likely N-dealkylation sites (tertiary alicyclic amines) is 1. The van der Waals surface area contributed by atoms with Crippen LogP contribution in [-0.2, 0) is 20.8 Å². The van der Waals surface area contributed by atoms with Gasteiger partial charge in [0.25, 0.3) is 5.91 Å². The van der Waals surface area contributed by atoms with E-state index in [-0.39, 0.29) is 24.3 Å². The number of hydrogen-bond acceptors (Lipinski definition) is 4. The first-order valence-corrected chi connectivity index (χ1v) is 10.1. The van der Waals surface area contributed by atoms with Crippen LogP contribution in [0, 0.1) is 12.8 Å². The summed E-state index contributed by atoms with van der Waals surface area (Å²) in [5, 5.41) is 0. The molecule has 1 aliphatic heterocycles. The van der Waals surface area contributed by atoms with Crippen molar-refractivity contribution in [2.24, 2.45) is 5.92 Å². The maximum atomic E-state index is 12.6. The van der Waals surface area contributed by atoms with Crippen LogP contribution in [0.4, 0.5) is 0 Å². The quantitative estimate of drug-likeness (QED) is 0.715. The van der Waals surface area contributed by atoms with E-state index in [2.05, 4.69) is 10.9 Å². The van der Waals surface area contributed by atoms with Crippen LogP contribution in [0.1, 0.15) is 24.0 Å². The van der Waals surface area contributed by atoms with Crippen LogP contribution in [-0.4, -0.2) is 42.3 Å². The molecule has 0 spiro atoms. The highest BCUT2D eigenvalue weighted by molar-refractivity contribution is 5.85. The Hall–Kier alpha value is -3.35. The molecule has 0 saturated carbocycles. The van der Waals surface area contributed by atoms with Gasteiger partial charge in [0, 0.05) is 13.1 Å². The van der Waals surface area contributed by atoms with Gasteiger partial charge in [-0.15, -0.1) is 0 Å². The van der Waals surface area contributed by atoms with E-state index >= 15 is 0 Å². The number of carbonyl (C=O) groups is 3. The Bertz CT molecular complexity index is 885. The van der Waals surface area contributed by atoms with E-state index in [0.29, 0.717) is 31.7 Å². The summed E-state index contributed by atoms with van der Waals surface area (Å²) in [5.74, 6) is -0.490. The van der Waals surface area contributed by atoms with Crippen LogP contribution < -0.4 is 15.6 Å². The second kappa shape index (κ2) is 10.4. The third-order valence-corrected chi connectivity index (χ3v) is 5.03. The number of ether oxygens (including phenoxy) is 1. The van der Waals surface area contributed by atoms with Gasteiger partial charge in [0.15, 0.2) is 6.61 Å². The summed E-state index contributed by atoms with van der Waals surface area (Å²) in [7, 11) is 0. The van der Waals surface area contributed by atoms with Gasteiger partial charge < -0.3 is 9.64 Å². The summed E-state index contributed by atoms with van der Waals surface area (Å²) < 4.78 is 5.42. The van der Waals surface area contributed by atoms with Crippen molar-refractivity contribution in [2.45, 2.75) is 26.2 Å². The van der Waals surface area contributed by atoms with Gasteiger partial charge in [-0.3, -0.25) is 25.2 Å². The van der Waals surface area contributed by atoms with E-state index in [1.165, 1.54) is 0 Å². The molecule has 7 nitrogen and oxygen atoms in total. The monoisotopic (exact) mass is 409 g/mol. The van der Waals surface area contributed by atoms with Gasteiger partial charge >= 0.3 is 0 Å². The molecule has 3 rings (SSSR count). The summed E-state index contributed by atoms with van der Waals surface area (Å²) >= 11 is 0. The third-order valence-electron chi connectivity index (χ3n) is 5.03. The minimum atomic E-state index is -0.447. The lowest BCUT2D eigenvalue weighted by Crippen LogP contribution is -2.51. The van der Waals surface area contributed by atoms with Crippen molar-refractivity contribution in [2.75, 3.05) is 19.7 Å². The first kappa shape index (κ1) is 21.4. The Kier molecular flexibility index (Phi) is 7.43. The van der Waals surface area contributed by atoms with Crippen LogP contribution >= 0.6 is 0 Å². The van der Waals surface area contributed by atoms with Crippen molar-refractivity contribution < 1.29 is 19.1 Å². The van der Waals surface area contributed by atoms with Crippen LogP contribution in [0.3, 0.4) is 0 Å². The molecule has 1 fully saturated rings. The Morgan fingerprint density at radius 3 is 2.63 bits per heavy atom. The van der Waals surface area contributed by atoms with E-state index in [0.717, 1.165) is 17.5 Å². The normalized spacial score (nSPS) is 15.9. The fourth-order valence-electron chi connectivity index (χ4n) is 3.42. The highest BCUT2D eigenvalue weighted by atomic mass is 16.5. The number of hydrogen-bond donors (Lipinski definition) is 2. The van der Waals surface area contributed by atoms with Crippen LogP contribution in [0.2, 0.25) is 0 Å². The number of rotatable bonds is 6. The number of nitrogens with zero attached hydrogens (tertiary/aromatic N) is 1. The molecule has 30 heavy (non-hydrogen) atoms. The van der Waals surface area contributed by atoms with Gasteiger partial charge in [0.05, 0.1) is 12.3 Å². The second-order valence-corrected chi connectivity index (χ2v) is 7.48. The van der Waals surface area contributed by atoms with E-state index in [1.54, 1.807) is 11.0 Å². The van der Waals surface area contributed by atoms with Gasteiger partial charge in [-0.25, -0.2) is 0 Å². The molecule has 1 heterocycles. The molecule has 2 aromatic carbocycles. The summed E-state index contributed by atoms with van der Waals surface area (Å²) in [6, 6.07) is 16.9. The molecule has 1 unspecified atom stereocenters. The number of nitrogens with one attached hydrogen (secondary N) is 2. The first-order chi connectivity index (χ1) is 14.5. The van der Waals surface area contributed by atoms with E-state index in [9.17, 15) is 14.4 Å². The molecule has 0 aromatic heterocycles. The second-order valence-electron chi connectivity index (χ2n) is 7.48. The molecule has 7 heteroatoms. The van der Waals surface area contributed by atoms with Gasteiger partial charge in [-0.1, -0.05) is 42.5 Å². The van der Waals surface area contributed by atoms with Crippen molar-refractivity contribution in [1.82, 2.24) is 15.8 Å². The Balaban J connectivity index is 1.42. The largest absolute Gasteiger partial charge is 0.484 e. The molecule has 2 aromatic rings. The molecule has 1 aliphatic rings. The number of benzene rings is 2. The highest BCUT2D eigenvalue weighted by Crippen LogP contribution is 2.18. The predicted molar refractivity (Wildman–Crippen MR) is 112 cm³/mol. The molecule has 0 aliphatic carbocycles. The fourth-order valence-corrected chi connectivity index (χ4v) is 3.42. The lowest BCUT2D eigenvalue weighted by molar-refractivity contribution is -0.137. The molecule has 0 bridgehead atoms. The summed E-state index contributed by atoms with van der Waals surface area (Å²) in [6.45, 7) is 2.74. The first-order valence-electron chi connectivity index (χ1n) is 10.1. The lowest BCUT2D eigenvalue weighted by atomic mass is 9.97. The molecule has 158 valence electrons. The number of piperidine rings is 1. The minimum Gasteiger partial charge on any atom is -0.484 e. The number of carbonyl (C=O) groups excluding carboxylic acids is 3. The van der Waals surface area contributed by atoms with Crippen LogP contribution in [0.15, 0.2) is 54.6 Å². The van der Waals surface area contributed by atoms with E-state index < -0.39 is 5.91 Å². The zero-order valence-electron chi connectivity index (χ0n) is 17.1. The molecular formula is C23H27N3O4. The lowest BCUT2D eigenvalue weighted by Gasteiger charge is -2.32. The predicted octanol–water partition coefficient (Wildman–Crippen LogP) is 2.00. The molecular weight excluding hydrogens is 382 g/mol. The van der Waals surface area contributed by atoms with Crippen molar-refractivity contribution in [1.29, 1.82) is 0 Å². The fraction of sp³-hybridized carbons (Fsp3) is 0.348. The smallest absolute Gasteiger partial charge is 0.276 e. The number of hydrazine groups is 1. The Morgan fingerprint density at radius 2 is 1.87 bits per heavy atom. The molecule has 0 radical (unpaired) electrons. The summed E-state index contributed by atoms with van der Waals surface area (Å²) in [5.41, 5.74) is 6.82. The summed E-state index contributed by atoms with van der Waals surface area (Å²) in [4.78, 5) is 38.7. The van der Waals surface area contributed by atoms with Crippen LogP contribution in [0.25, 0.3) is 0 Å². The zero-order valence-corrected chi connectivity index (χ0v) is 17.1. The van der Waals surface area contributed by atoms with Gasteiger partial charge in [-0.05, 0) is 43.0 Å². The summed E-state index contributed by atoms with van der Waals surface area (Å²) in [6.07, 6.45) is 1.75. The van der Waals surface area contributed by atoms with Gasteiger partial charge in [0.2, 0.25) is 11.8 Å². The standard InChI is InChI=1S/C23H27N3O4/c1-17-7-5-11-20(13-17)30-16-21(27)24-25-23(29)19-10-6-12-26(15-19)22(28)14-18-8-3-2-4-9-18/h2-5,7-9,11,13,19H,6,10,12,14-16H2,1H3,(H,24,27)(H,25,29). The SMILES string of the molecule is Cc1cccc(OCC(=O)NNC(=O)C2CCCN(C(=O)Cc3ccccc3)C2)c1. The zero-order chi connectivity index (χ0) is 21.3. The Morgan fingerprint density at radius 1 is 1.07 bits per heavy atom. The van der Waals surface area contributed by atoms with E-state index in [1.807, 2.05) is 55.5 Å². The maximum Gasteiger partial charge on any atom is 0.276 e. The highest BCUT2D eigenvalue weighted by Gasteiger charge is 2.28.